The number of rotatable bonds is 0. The van der Waals surface area contributed by atoms with Crippen LogP contribution in [0, 0.1) is 22.7 Å². The number of hydrogen-bond donors (Lipinski definition) is 2. The molecule has 0 saturated heterocycles. The molecule has 0 aliphatic heterocycles. The summed E-state index contributed by atoms with van der Waals surface area (Å²) in [6.07, 6.45) is 5.31. The van der Waals surface area contributed by atoms with Crippen molar-refractivity contribution in [2.24, 2.45) is 22.7 Å². The van der Waals surface area contributed by atoms with Crippen molar-refractivity contribution in [2.75, 3.05) is 0 Å². The van der Waals surface area contributed by atoms with E-state index in [0.717, 1.165) is 25.7 Å². The number of aryl methyl sites for hydroxylation is 1. The molecule has 2 fully saturated rings. The fourth-order valence-electron chi connectivity index (χ4n) is 6.22. The number of hydrogen-bond acceptors (Lipinski definition) is 2. The number of phenols is 1. The van der Waals surface area contributed by atoms with E-state index in [4.69, 9.17) is 11.6 Å². The molecular weight excluding hydrogens is 308 g/mol. The number of benzene rings is 1. The predicted octanol–water partition coefficient (Wildman–Crippen LogP) is 4.90. The van der Waals surface area contributed by atoms with Crippen LogP contribution in [0.25, 0.3) is 0 Å². The van der Waals surface area contributed by atoms with Crippen LogP contribution in [0.5, 0.6) is 5.75 Å². The van der Waals surface area contributed by atoms with Crippen LogP contribution in [-0.2, 0) is 6.42 Å². The molecule has 0 amide bonds. The standard InChI is InChI=1S/C20H27ClO2/c1-19(2)10-15-13-5-4-11-8-17(22)16(21)9-14(11)12(13)6-7-20(15,3)18(19)23/h8-9,12-13,15,18,22-23H,4-7,10H2,1-3H3/t12?,13?,15?,18-,20-/m0/s1. The van der Waals surface area contributed by atoms with Gasteiger partial charge in [-0.3, -0.25) is 0 Å². The van der Waals surface area contributed by atoms with E-state index in [2.05, 4.69) is 20.8 Å². The first kappa shape index (κ1) is 15.8. The van der Waals surface area contributed by atoms with Crippen molar-refractivity contribution in [2.45, 2.75) is 64.9 Å². The summed E-state index contributed by atoms with van der Waals surface area (Å²) in [6.45, 7) is 6.76. The van der Waals surface area contributed by atoms with Crippen molar-refractivity contribution in [1.82, 2.24) is 0 Å². The van der Waals surface area contributed by atoms with Gasteiger partial charge in [0.15, 0.2) is 0 Å². The van der Waals surface area contributed by atoms with Crippen LogP contribution in [-0.4, -0.2) is 16.3 Å². The first-order valence-corrected chi connectivity index (χ1v) is 9.31. The summed E-state index contributed by atoms with van der Waals surface area (Å²) < 4.78 is 0. The zero-order chi connectivity index (χ0) is 16.6. The summed E-state index contributed by atoms with van der Waals surface area (Å²) in [5.41, 5.74) is 2.70. The van der Waals surface area contributed by atoms with E-state index in [1.54, 1.807) is 0 Å². The molecule has 0 aromatic heterocycles. The normalized spacial score (nSPS) is 41.1. The van der Waals surface area contributed by atoms with Gasteiger partial charge in [-0.2, -0.15) is 0 Å². The number of aliphatic hydroxyl groups is 1. The highest BCUT2D eigenvalue weighted by molar-refractivity contribution is 6.32. The lowest BCUT2D eigenvalue weighted by Gasteiger charge is -2.50. The second kappa shape index (κ2) is 4.89. The van der Waals surface area contributed by atoms with Gasteiger partial charge in [-0.15, -0.1) is 0 Å². The molecule has 2 nitrogen and oxygen atoms in total. The van der Waals surface area contributed by atoms with E-state index in [-0.39, 0.29) is 22.7 Å². The fraction of sp³-hybridized carbons (Fsp3) is 0.700. The van der Waals surface area contributed by atoms with Crippen LogP contribution in [0.2, 0.25) is 5.02 Å². The quantitative estimate of drug-likeness (QED) is 0.708. The van der Waals surface area contributed by atoms with Crippen molar-refractivity contribution in [1.29, 1.82) is 0 Å². The van der Waals surface area contributed by atoms with Crippen LogP contribution in [0.15, 0.2) is 12.1 Å². The molecule has 0 radical (unpaired) electrons. The Hall–Kier alpha value is -0.730. The lowest BCUT2D eigenvalue weighted by molar-refractivity contribution is -0.0464. The third-order valence-electron chi connectivity index (χ3n) is 7.34. The van der Waals surface area contributed by atoms with Gasteiger partial charge in [-0.1, -0.05) is 32.4 Å². The Morgan fingerprint density at radius 3 is 2.65 bits per heavy atom. The van der Waals surface area contributed by atoms with E-state index < -0.39 is 0 Å². The first-order valence-electron chi connectivity index (χ1n) is 8.93. The number of aromatic hydroxyl groups is 1. The molecule has 1 aromatic carbocycles. The summed E-state index contributed by atoms with van der Waals surface area (Å²) in [4.78, 5) is 0. The molecule has 2 saturated carbocycles. The molecule has 0 bridgehead atoms. The second-order valence-corrected chi connectivity index (χ2v) is 9.46. The monoisotopic (exact) mass is 334 g/mol. The van der Waals surface area contributed by atoms with E-state index in [1.165, 1.54) is 17.5 Å². The Labute approximate surface area is 143 Å². The minimum absolute atomic E-state index is 0.0151. The molecule has 5 atom stereocenters. The molecule has 0 spiro atoms. The Kier molecular flexibility index (Phi) is 3.36. The number of fused-ring (bicyclic) bond motifs is 5. The fourth-order valence-corrected chi connectivity index (χ4v) is 6.40. The molecular formula is C20H27ClO2. The van der Waals surface area contributed by atoms with Gasteiger partial charge in [0.05, 0.1) is 11.1 Å². The lowest BCUT2D eigenvalue weighted by atomic mass is 9.55. The predicted molar refractivity (Wildman–Crippen MR) is 92.9 cm³/mol. The minimum atomic E-state index is -0.203. The maximum atomic E-state index is 10.9. The molecule has 126 valence electrons. The Bertz CT molecular complexity index is 653. The molecule has 3 unspecified atom stereocenters. The zero-order valence-corrected chi connectivity index (χ0v) is 15.0. The molecule has 1 aromatic rings. The largest absolute Gasteiger partial charge is 0.506 e. The highest BCUT2D eigenvalue weighted by Crippen LogP contribution is 2.65. The Balaban J connectivity index is 1.74. The third kappa shape index (κ3) is 2.10. The molecule has 2 N–H and O–H groups in total. The number of aliphatic hydroxyl groups excluding tert-OH is 1. The van der Waals surface area contributed by atoms with Crippen LogP contribution in [0.1, 0.15) is 63.5 Å². The molecule has 3 heteroatoms. The summed E-state index contributed by atoms with van der Waals surface area (Å²) >= 11 is 6.19. The highest BCUT2D eigenvalue weighted by Gasteiger charge is 2.60. The zero-order valence-electron chi connectivity index (χ0n) is 14.3. The van der Waals surface area contributed by atoms with Crippen LogP contribution < -0.4 is 0 Å². The van der Waals surface area contributed by atoms with Crippen molar-refractivity contribution >= 4 is 11.6 Å². The van der Waals surface area contributed by atoms with Gasteiger partial charge < -0.3 is 10.2 Å². The van der Waals surface area contributed by atoms with Gasteiger partial charge in [0.25, 0.3) is 0 Å². The SMILES string of the molecule is CC1(C)CC2C3CCc4cc(O)c(Cl)cc4C3CC[C@]2(C)[C@H]1O. The maximum Gasteiger partial charge on any atom is 0.134 e. The number of halogens is 1. The molecule has 4 rings (SSSR count). The van der Waals surface area contributed by atoms with Gasteiger partial charge in [-0.05, 0) is 83.9 Å². The maximum absolute atomic E-state index is 10.9. The van der Waals surface area contributed by atoms with E-state index in [1.807, 2.05) is 12.1 Å². The number of phenolic OH excluding ortho intramolecular Hbond substituents is 1. The summed E-state index contributed by atoms with van der Waals surface area (Å²) in [6, 6.07) is 3.87. The van der Waals surface area contributed by atoms with Gasteiger partial charge in [-0.25, -0.2) is 0 Å². The average Bonchev–Trinajstić information content (AvgIpc) is 2.68. The Morgan fingerprint density at radius 2 is 1.91 bits per heavy atom. The van der Waals surface area contributed by atoms with Gasteiger partial charge in [0.2, 0.25) is 0 Å². The molecule has 0 heterocycles. The Morgan fingerprint density at radius 1 is 1.17 bits per heavy atom. The van der Waals surface area contributed by atoms with Gasteiger partial charge in [0.1, 0.15) is 5.75 Å². The summed E-state index contributed by atoms with van der Waals surface area (Å²) in [5.74, 6) is 1.98. The van der Waals surface area contributed by atoms with E-state index >= 15 is 0 Å². The topological polar surface area (TPSA) is 40.5 Å². The molecule has 23 heavy (non-hydrogen) atoms. The third-order valence-corrected chi connectivity index (χ3v) is 7.64. The molecule has 3 aliphatic carbocycles. The van der Waals surface area contributed by atoms with Crippen molar-refractivity contribution in [3.63, 3.8) is 0 Å². The molecule has 3 aliphatic rings. The van der Waals surface area contributed by atoms with Crippen LogP contribution >= 0.6 is 11.6 Å². The second-order valence-electron chi connectivity index (χ2n) is 9.06. The lowest BCUT2D eigenvalue weighted by Crippen LogP contribution is -2.45. The van der Waals surface area contributed by atoms with Crippen molar-refractivity contribution in [3.05, 3.63) is 28.3 Å². The summed E-state index contributed by atoms with van der Waals surface area (Å²) in [7, 11) is 0. The van der Waals surface area contributed by atoms with E-state index in [9.17, 15) is 10.2 Å². The van der Waals surface area contributed by atoms with E-state index in [0.29, 0.717) is 22.8 Å². The highest BCUT2D eigenvalue weighted by atomic mass is 35.5. The van der Waals surface area contributed by atoms with Gasteiger partial charge in [0, 0.05) is 0 Å². The van der Waals surface area contributed by atoms with Crippen molar-refractivity contribution < 1.29 is 10.2 Å². The minimum Gasteiger partial charge on any atom is -0.506 e. The van der Waals surface area contributed by atoms with Crippen molar-refractivity contribution in [3.8, 4) is 5.75 Å². The first-order chi connectivity index (χ1) is 10.7. The van der Waals surface area contributed by atoms with Crippen LogP contribution in [0.3, 0.4) is 0 Å². The summed E-state index contributed by atoms with van der Waals surface area (Å²) in [5, 5.41) is 21.3. The smallest absolute Gasteiger partial charge is 0.134 e. The average molecular weight is 335 g/mol. The van der Waals surface area contributed by atoms with Gasteiger partial charge >= 0.3 is 0 Å². The van der Waals surface area contributed by atoms with Crippen LogP contribution in [0.4, 0.5) is 0 Å².